The van der Waals surface area contributed by atoms with Crippen LogP contribution >= 0.6 is 11.3 Å². The highest BCUT2D eigenvalue weighted by atomic mass is 32.2. The number of fused-ring (bicyclic) bond motifs is 1. The average molecular weight is 470 g/mol. The van der Waals surface area contributed by atoms with Crippen LogP contribution in [0.15, 0.2) is 60.0 Å². The first-order chi connectivity index (χ1) is 15.3. The van der Waals surface area contributed by atoms with E-state index in [1.54, 1.807) is 23.6 Å². The maximum absolute atomic E-state index is 12.5. The minimum Gasteiger partial charge on any atom is -0.345 e. The Kier molecular flexibility index (Phi) is 5.93. The molecule has 0 saturated heterocycles. The molecule has 4 aromatic rings. The number of nitrogens with one attached hydrogen (secondary N) is 4. The molecule has 0 bridgehead atoms. The van der Waals surface area contributed by atoms with Crippen LogP contribution in [0.4, 0.5) is 11.4 Å². The first kappa shape index (κ1) is 21.5. The van der Waals surface area contributed by atoms with E-state index in [1.165, 1.54) is 12.1 Å². The predicted molar refractivity (Wildman–Crippen MR) is 124 cm³/mol. The van der Waals surface area contributed by atoms with Gasteiger partial charge in [0.15, 0.2) is 0 Å². The number of aromatic nitrogens is 2. The summed E-state index contributed by atoms with van der Waals surface area (Å²) in [5, 5.41) is 7.09. The number of thiophene rings is 1. The van der Waals surface area contributed by atoms with Crippen molar-refractivity contribution in [3.63, 3.8) is 0 Å². The van der Waals surface area contributed by atoms with Crippen molar-refractivity contribution >= 4 is 55.6 Å². The van der Waals surface area contributed by atoms with Gasteiger partial charge in [0.2, 0.25) is 10.0 Å². The molecule has 0 saturated carbocycles. The summed E-state index contributed by atoms with van der Waals surface area (Å²) in [6.45, 7) is 0.227. The Hall–Kier alpha value is -3.70. The van der Waals surface area contributed by atoms with Crippen molar-refractivity contribution in [1.29, 1.82) is 0 Å². The average Bonchev–Trinajstić information content (AvgIpc) is 3.38. The Morgan fingerprint density at radius 1 is 1.03 bits per heavy atom. The standard InChI is InChI=1S/C21H19N5O4S2/c1-32(29,30)26-15-6-4-5-14(10-15)23-21(28)18-9-13(12-31-18)20(27)22-11-19-24-16-7-2-3-8-17(16)25-19/h2-10,12,26H,11H2,1H3,(H,22,27)(H,23,28)(H,24,25). The van der Waals surface area contributed by atoms with Gasteiger partial charge in [-0.1, -0.05) is 18.2 Å². The van der Waals surface area contributed by atoms with Gasteiger partial charge in [-0.3, -0.25) is 14.3 Å². The summed E-state index contributed by atoms with van der Waals surface area (Å²) >= 11 is 1.14. The van der Waals surface area contributed by atoms with Crippen molar-refractivity contribution in [3.05, 3.63) is 76.2 Å². The number of rotatable bonds is 7. The molecule has 0 aliphatic heterocycles. The summed E-state index contributed by atoms with van der Waals surface area (Å²) in [6.07, 6.45) is 1.05. The Bertz CT molecular complexity index is 1380. The number of anilines is 2. The van der Waals surface area contributed by atoms with Crippen molar-refractivity contribution < 1.29 is 18.0 Å². The largest absolute Gasteiger partial charge is 0.345 e. The van der Waals surface area contributed by atoms with Crippen LogP contribution in [-0.4, -0.2) is 36.5 Å². The molecule has 164 valence electrons. The molecule has 0 aliphatic rings. The fourth-order valence-corrected chi connectivity index (χ4v) is 4.33. The molecule has 4 rings (SSSR count). The van der Waals surface area contributed by atoms with Gasteiger partial charge in [0.1, 0.15) is 5.82 Å². The molecule has 4 N–H and O–H groups in total. The number of hydrogen-bond donors (Lipinski definition) is 4. The highest BCUT2D eigenvalue weighted by molar-refractivity contribution is 7.92. The van der Waals surface area contributed by atoms with Gasteiger partial charge < -0.3 is 15.6 Å². The molecule has 0 radical (unpaired) electrons. The highest BCUT2D eigenvalue weighted by Crippen LogP contribution is 2.20. The van der Waals surface area contributed by atoms with Crippen molar-refractivity contribution in [1.82, 2.24) is 15.3 Å². The minimum absolute atomic E-state index is 0.227. The normalized spacial score (nSPS) is 11.3. The molecule has 9 nitrogen and oxygen atoms in total. The number of hydrogen-bond acceptors (Lipinski definition) is 6. The van der Waals surface area contributed by atoms with E-state index in [-0.39, 0.29) is 12.5 Å². The minimum atomic E-state index is -3.43. The van der Waals surface area contributed by atoms with Gasteiger partial charge >= 0.3 is 0 Å². The summed E-state index contributed by atoms with van der Waals surface area (Å²) in [5.74, 6) is -0.0849. The molecule has 0 unspecified atom stereocenters. The zero-order chi connectivity index (χ0) is 22.7. The van der Waals surface area contributed by atoms with E-state index in [0.29, 0.717) is 27.6 Å². The van der Waals surface area contributed by atoms with Crippen LogP contribution in [0.1, 0.15) is 25.9 Å². The zero-order valence-electron chi connectivity index (χ0n) is 16.9. The van der Waals surface area contributed by atoms with Crippen LogP contribution in [0, 0.1) is 0 Å². The summed E-state index contributed by atoms with van der Waals surface area (Å²) < 4.78 is 25.1. The Morgan fingerprint density at radius 2 is 1.81 bits per heavy atom. The molecule has 2 amide bonds. The van der Waals surface area contributed by atoms with Crippen molar-refractivity contribution in [3.8, 4) is 0 Å². The van der Waals surface area contributed by atoms with E-state index in [0.717, 1.165) is 28.6 Å². The predicted octanol–water partition coefficient (Wildman–Crippen LogP) is 3.18. The number of carbonyl (C=O) groups excluding carboxylic acids is 2. The molecule has 0 aliphatic carbocycles. The topological polar surface area (TPSA) is 133 Å². The van der Waals surface area contributed by atoms with Crippen molar-refractivity contribution in [2.45, 2.75) is 6.54 Å². The van der Waals surface area contributed by atoms with E-state index in [2.05, 4.69) is 25.3 Å². The molecular formula is C21H19N5O4S2. The van der Waals surface area contributed by atoms with Gasteiger partial charge in [-0.25, -0.2) is 13.4 Å². The quantitative estimate of drug-likeness (QED) is 0.330. The second-order valence-corrected chi connectivity index (χ2v) is 9.65. The number of nitrogens with zero attached hydrogens (tertiary/aromatic N) is 1. The monoisotopic (exact) mass is 469 g/mol. The summed E-state index contributed by atoms with van der Waals surface area (Å²) in [7, 11) is -3.43. The lowest BCUT2D eigenvalue weighted by molar-refractivity contribution is 0.0950. The van der Waals surface area contributed by atoms with Gasteiger partial charge in [-0.15, -0.1) is 11.3 Å². The molecular weight excluding hydrogens is 450 g/mol. The third kappa shape index (κ3) is 5.31. The van der Waals surface area contributed by atoms with Gasteiger partial charge in [-0.05, 0) is 36.4 Å². The van der Waals surface area contributed by atoms with Crippen LogP contribution in [0.3, 0.4) is 0 Å². The van der Waals surface area contributed by atoms with E-state index in [9.17, 15) is 18.0 Å². The molecule has 2 heterocycles. The van der Waals surface area contributed by atoms with Gasteiger partial charge in [0.25, 0.3) is 11.8 Å². The smallest absolute Gasteiger partial charge is 0.265 e. The van der Waals surface area contributed by atoms with Gasteiger partial charge in [0, 0.05) is 11.1 Å². The van der Waals surface area contributed by atoms with Crippen LogP contribution < -0.4 is 15.4 Å². The van der Waals surface area contributed by atoms with Crippen molar-refractivity contribution in [2.24, 2.45) is 0 Å². The lowest BCUT2D eigenvalue weighted by Crippen LogP contribution is -2.23. The highest BCUT2D eigenvalue weighted by Gasteiger charge is 2.15. The molecule has 0 spiro atoms. The third-order valence-corrected chi connectivity index (χ3v) is 5.90. The summed E-state index contributed by atoms with van der Waals surface area (Å²) in [6, 6.07) is 15.4. The lowest BCUT2D eigenvalue weighted by Gasteiger charge is -2.07. The lowest BCUT2D eigenvalue weighted by atomic mass is 10.2. The third-order valence-electron chi connectivity index (χ3n) is 4.36. The zero-order valence-corrected chi connectivity index (χ0v) is 18.5. The Morgan fingerprint density at radius 3 is 2.59 bits per heavy atom. The number of amides is 2. The first-order valence-corrected chi connectivity index (χ1v) is 12.2. The number of para-hydroxylation sites is 2. The summed E-state index contributed by atoms with van der Waals surface area (Å²) in [4.78, 5) is 32.9. The van der Waals surface area contributed by atoms with Gasteiger partial charge in [0.05, 0.1) is 40.0 Å². The fraction of sp³-hybridized carbons (Fsp3) is 0.0952. The molecule has 0 fully saturated rings. The molecule has 0 atom stereocenters. The molecule has 32 heavy (non-hydrogen) atoms. The number of carbonyl (C=O) groups is 2. The number of aromatic amines is 1. The number of sulfonamides is 1. The van der Waals surface area contributed by atoms with E-state index >= 15 is 0 Å². The van der Waals surface area contributed by atoms with E-state index in [1.807, 2.05) is 24.3 Å². The number of imidazole rings is 1. The maximum Gasteiger partial charge on any atom is 0.265 e. The van der Waals surface area contributed by atoms with E-state index in [4.69, 9.17) is 0 Å². The number of H-pyrrole nitrogens is 1. The Labute approximate surface area is 187 Å². The van der Waals surface area contributed by atoms with Crippen LogP contribution in [-0.2, 0) is 16.6 Å². The van der Waals surface area contributed by atoms with Crippen molar-refractivity contribution in [2.75, 3.05) is 16.3 Å². The van der Waals surface area contributed by atoms with Gasteiger partial charge in [-0.2, -0.15) is 0 Å². The summed E-state index contributed by atoms with van der Waals surface area (Å²) in [5.41, 5.74) is 2.84. The molecule has 2 aromatic heterocycles. The maximum atomic E-state index is 12.5. The van der Waals surface area contributed by atoms with Crippen LogP contribution in [0.5, 0.6) is 0 Å². The van der Waals surface area contributed by atoms with Crippen LogP contribution in [0.25, 0.3) is 11.0 Å². The Balaban J connectivity index is 1.37. The fourth-order valence-electron chi connectivity index (χ4n) is 3.00. The molecule has 2 aromatic carbocycles. The van der Waals surface area contributed by atoms with E-state index < -0.39 is 15.9 Å². The SMILES string of the molecule is CS(=O)(=O)Nc1cccc(NC(=O)c2cc(C(=O)NCc3nc4ccccc4[nH]3)cs2)c1. The second kappa shape index (κ2) is 8.81. The first-order valence-electron chi connectivity index (χ1n) is 9.46. The molecule has 11 heteroatoms. The number of benzene rings is 2. The second-order valence-electron chi connectivity index (χ2n) is 6.99. The van der Waals surface area contributed by atoms with Crippen LogP contribution in [0.2, 0.25) is 0 Å².